The smallest absolute Gasteiger partial charge is 0.326 e. The van der Waals surface area contributed by atoms with Crippen LogP contribution in [0.3, 0.4) is 0 Å². The van der Waals surface area contributed by atoms with Gasteiger partial charge in [-0.05, 0) is 15.8 Å². The van der Waals surface area contributed by atoms with E-state index in [9.17, 15) is 0 Å². The second-order valence-corrected chi connectivity index (χ2v) is 14.0. The van der Waals surface area contributed by atoms with Crippen molar-refractivity contribution in [2.45, 2.75) is 27.7 Å². The molecule has 0 saturated heterocycles. The van der Waals surface area contributed by atoms with E-state index in [1.165, 1.54) is 0 Å². The van der Waals surface area contributed by atoms with Crippen LogP contribution in [0.5, 0.6) is 0 Å². The molecule has 0 heterocycles. The summed E-state index contributed by atoms with van der Waals surface area (Å²) in [5, 5.41) is 0. The topological polar surface area (TPSA) is 0 Å². The molecule has 0 spiro atoms. The summed E-state index contributed by atoms with van der Waals surface area (Å²) in [5.74, 6) is 1.78. The third-order valence-electron chi connectivity index (χ3n) is 3.11. The summed E-state index contributed by atoms with van der Waals surface area (Å²) in [4.78, 5) is 0. The molecule has 2 saturated carbocycles. The molecule has 2 aliphatic rings. The predicted octanol–water partition coefficient (Wildman–Crippen LogP) is 4.88. The number of rotatable bonds is 1. The summed E-state index contributed by atoms with van der Waals surface area (Å²) in [6.07, 6.45) is 4.95. The van der Waals surface area contributed by atoms with Crippen LogP contribution < -0.4 is 0 Å². The van der Waals surface area contributed by atoms with E-state index in [0.717, 1.165) is 11.8 Å². The van der Waals surface area contributed by atoms with Crippen LogP contribution in [0, 0.1) is 35.5 Å². The normalized spacial score (nSPS) is 28.4. The second-order valence-electron chi connectivity index (χ2n) is 8.03. The molecule has 0 bridgehead atoms. The molecule has 0 aliphatic heterocycles. The fraction of sp³-hybridized carbons (Fsp3) is 0.875. The van der Waals surface area contributed by atoms with Gasteiger partial charge in [0.05, 0.1) is 0 Å². The van der Waals surface area contributed by atoms with E-state index in [1.807, 2.05) is 0 Å². The van der Waals surface area contributed by atoms with Crippen molar-refractivity contribution in [3.05, 3.63) is 12.8 Å². The Morgan fingerprint density at radius 3 is 0.789 bits per heavy atom. The Morgan fingerprint density at radius 1 is 0.632 bits per heavy atom. The minimum Gasteiger partial charge on any atom is -0.326 e. The van der Waals surface area contributed by atoms with Gasteiger partial charge in [-0.2, -0.15) is 10.8 Å². The molecule has 3 heteroatoms. The Balaban J connectivity index is 0. The van der Waals surface area contributed by atoms with Crippen molar-refractivity contribution in [1.82, 2.24) is 0 Å². The molecular weight excluding hydrogens is 361 g/mol. The minimum absolute atomic E-state index is 0. The first-order valence-electron chi connectivity index (χ1n) is 7.15. The van der Waals surface area contributed by atoms with Crippen LogP contribution in [0.1, 0.15) is 27.7 Å². The maximum absolute atomic E-state index is 2.48. The van der Waals surface area contributed by atoms with E-state index >= 15 is 0 Å². The van der Waals surface area contributed by atoms with Crippen molar-refractivity contribution < 1.29 is 20.4 Å². The summed E-state index contributed by atoms with van der Waals surface area (Å²) >= 11 is 0. The van der Waals surface area contributed by atoms with Gasteiger partial charge in [0.2, 0.25) is 0 Å². The monoisotopic (exact) mass is 396 g/mol. The van der Waals surface area contributed by atoms with Gasteiger partial charge in [0, 0.05) is 40.0 Å². The van der Waals surface area contributed by atoms with Gasteiger partial charge in [-0.25, -0.2) is 11.8 Å². The van der Waals surface area contributed by atoms with Gasteiger partial charge >= 0.3 is 20.4 Å². The first-order chi connectivity index (χ1) is 7.90. The van der Waals surface area contributed by atoms with Gasteiger partial charge in [0.25, 0.3) is 0 Å². The molecule has 0 aromatic rings. The number of hydrogen-bond donors (Lipinski definition) is 0. The van der Waals surface area contributed by atoms with Crippen LogP contribution in [0.25, 0.3) is 0 Å². The molecule has 0 nitrogen and oxygen atoms in total. The molecule has 118 valence electrons. The van der Waals surface area contributed by atoms with Crippen LogP contribution >= 0.6 is 15.8 Å². The standard InChI is InChI=1S/C10H16.2C3H9P.Pd/c1-9(2)5-7(9)8-6-10(8,3)4;2*1-4(2)3;/h5-8H,1-4H3;2*1-3H3;/q-2;;;+2/p+2. The molecule has 0 amide bonds. The molecule has 0 aromatic heterocycles. The summed E-state index contributed by atoms with van der Waals surface area (Å²) in [7, 11) is 0.241. The summed E-state index contributed by atoms with van der Waals surface area (Å²) in [6.45, 7) is 22.9. The first kappa shape index (κ1) is 22.8. The maximum Gasteiger partial charge on any atom is 2.00 e. The van der Waals surface area contributed by atoms with E-state index in [1.54, 1.807) is 0 Å². The van der Waals surface area contributed by atoms with Gasteiger partial charge in [-0.15, -0.1) is 0 Å². The molecule has 19 heavy (non-hydrogen) atoms. The van der Waals surface area contributed by atoms with E-state index in [-0.39, 0.29) is 36.3 Å². The zero-order valence-corrected chi connectivity index (χ0v) is 18.2. The van der Waals surface area contributed by atoms with Crippen molar-refractivity contribution in [2.24, 2.45) is 22.7 Å². The van der Waals surface area contributed by atoms with Crippen LogP contribution in [0.15, 0.2) is 0 Å². The Labute approximate surface area is 139 Å². The third kappa shape index (κ3) is 10.8. The van der Waals surface area contributed by atoms with Crippen LogP contribution in [-0.2, 0) is 20.4 Å². The van der Waals surface area contributed by atoms with Gasteiger partial charge < -0.3 is 12.8 Å². The zero-order chi connectivity index (χ0) is 14.7. The molecule has 2 unspecified atom stereocenters. The van der Waals surface area contributed by atoms with Crippen molar-refractivity contribution >= 4 is 15.8 Å². The Bertz CT molecular complexity index is 216. The quantitative estimate of drug-likeness (QED) is 0.336. The van der Waals surface area contributed by atoms with Crippen LogP contribution in [-0.4, -0.2) is 40.0 Å². The molecule has 2 atom stereocenters. The van der Waals surface area contributed by atoms with Crippen LogP contribution in [0.2, 0.25) is 0 Å². The predicted molar refractivity (Wildman–Crippen MR) is 95.3 cm³/mol. The summed E-state index contributed by atoms with van der Waals surface area (Å²) < 4.78 is 0. The van der Waals surface area contributed by atoms with E-state index in [4.69, 9.17) is 0 Å². The maximum atomic E-state index is 2.48. The Kier molecular flexibility index (Phi) is 10.6. The molecule has 0 aromatic carbocycles. The fourth-order valence-electron chi connectivity index (χ4n) is 1.96. The first-order valence-corrected chi connectivity index (χ1v) is 13.2. The average molecular weight is 397 g/mol. The minimum atomic E-state index is 0. The molecule has 2 fully saturated rings. The Morgan fingerprint density at radius 2 is 0.737 bits per heavy atom. The van der Waals surface area contributed by atoms with Gasteiger partial charge in [0.15, 0.2) is 0 Å². The van der Waals surface area contributed by atoms with Crippen molar-refractivity contribution in [3.8, 4) is 0 Å². The summed E-state index contributed by atoms with van der Waals surface area (Å²) in [5.41, 5.74) is 1.10. The van der Waals surface area contributed by atoms with E-state index in [0.29, 0.717) is 10.8 Å². The molecule has 2 rings (SSSR count). The average Bonchev–Trinajstić information content (AvgIpc) is 2.87. The molecule has 0 N–H and O–H groups in total. The van der Waals surface area contributed by atoms with Gasteiger partial charge in [0.1, 0.15) is 0 Å². The van der Waals surface area contributed by atoms with Crippen molar-refractivity contribution in [2.75, 3.05) is 40.0 Å². The molecule has 2 aliphatic carbocycles. The van der Waals surface area contributed by atoms with Gasteiger partial charge in [-0.1, -0.05) is 27.7 Å². The molecule has 0 radical (unpaired) electrons. The van der Waals surface area contributed by atoms with Crippen molar-refractivity contribution in [1.29, 1.82) is 0 Å². The fourth-order valence-corrected chi connectivity index (χ4v) is 1.96. The SMILES string of the molecule is CC1(C)[CH-]C1C1[CH-]C1(C)C.C[PH+](C)C.C[PH+](C)C.[Pd+2]. The Hall–Kier alpha value is 1.52. The zero-order valence-electron chi connectivity index (χ0n) is 14.6. The number of hydrogen-bond acceptors (Lipinski definition) is 0. The summed E-state index contributed by atoms with van der Waals surface area (Å²) in [6, 6.07) is 0. The van der Waals surface area contributed by atoms with E-state index in [2.05, 4.69) is 80.5 Å². The largest absolute Gasteiger partial charge is 2.00 e. The molecular formula is C16H36P2Pd+2. The van der Waals surface area contributed by atoms with E-state index < -0.39 is 0 Å². The second kappa shape index (κ2) is 8.84. The van der Waals surface area contributed by atoms with Gasteiger partial charge in [-0.3, -0.25) is 0 Å². The van der Waals surface area contributed by atoms with Crippen LogP contribution in [0.4, 0.5) is 0 Å². The third-order valence-corrected chi connectivity index (χ3v) is 3.11. The van der Waals surface area contributed by atoms with Crippen molar-refractivity contribution in [3.63, 3.8) is 0 Å².